The molecule has 0 saturated heterocycles. The van der Waals surface area contributed by atoms with Crippen LogP contribution in [-0.2, 0) is 0 Å². The molecular formula is C12H25N. The molecule has 0 heterocycles. The SMILES string of the molecule is CC.CC=NC1CC(C)CCC1C. The molecule has 13 heavy (non-hydrogen) atoms. The minimum Gasteiger partial charge on any atom is -0.294 e. The third-order valence-corrected chi connectivity index (χ3v) is 2.76. The van der Waals surface area contributed by atoms with E-state index in [4.69, 9.17) is 0 Å². The van der Waals surface area contributed by atoms with Crippen LogP contribution in [0.1, 0.15) is 53.9 Å². The zero-order valence-corrected chi connectivity index (χ0v) is 9.88. The van der Waals surface area contributed by atoms with Gasteiger partial charge in [-0.15, -0.1) is 0 Å². The van der Waals surface area contributed by atoms with E-state index in [0.29, 0.717) is 6.04 Å². The van der Waals surface area contributed by atoms with Gasteiger partial charge in [0.25, 0.3) is 0 Å². The van der Waals surface area contributed by atoms with E-state index in [1.807, 2.05) is 27.0 Å². The van der Waals surface area contributed by atoms with E-state index in [2.05, 4.69) is 18.8 Å². The number of hydrogen-bond donors (Lipinski definition) is 0. The van der Waals surface area contributed by atoms with Crippen LogP contribution in [0.3, 0.4) is 0 Å². The summed E-state index contributed by atoms with van der Waals surface area (Å²) in [4.78, 5) is 4.49. The minimum absolute atomic E-state index is 0.615. The Kier molecular flexibility index (Phi) is 6.93. The van der Waals surface area contributed by atoms with Gasteiger partial charge in [-0.1, -0.05) is 34.1 Å². The first-order chi connectivity index (χ1) is 6.24. The second kappa shape index (κ2) is 7.11. The van der Waals surface area contributed by atoms with Gasteiger partial charge < -0.3 is 0 Å². The summed E-state index contributed by atoms with van der Waals surface area (Å²) in [7, 11) is 0. The lowest BCUT2D eigenvalue weighted by molar-refractivity contribution is 0.268. The van der Waals surface area contributed by atoms with E-state index in [1.54, 1.807) is 0 Å². The van der Waals surface area contributed by atoms with Gasteiger partial charge in [-0.25, -0.2) is 0 Å². The lowest BCUT2D eigenvalue weighted by Crippen LogP contribution is -2.24. The van der Waals surface area contributed by atoms with Crippen molar-refractivity contribution in [2.24, 2.45) is 16.8 Å². The summed E-state index contributed by atoms with van der Waals surface area (Å²) >= 11 is 0. The number of rotatable bonds is 1. The molecule has 0 aliphatic heterocycles. The van der Waals surface area contributed by atoms with Crippen molar-refractivity contribution in [3.05, 3.63) is 0 Å². The lowest BCUT2D eigenvalue weighted by atomic mass is 9.80. The molecule has 78 valence electrons. The van der Waals surface area contributed by atoms with Gasteiger partial charge in [-0.05, 0) is 37.8 Å². The molecule has 1 aliphatic carbocycles. The molecule has 0 bridgehead atoms. The first-order valence-corrected chi connectivity index (χ1v) is 5.71. The van der Waals surface area contributed by atoms with Crippen molar-refractivity contribution in [2.75, 3.05) is 0 Å². The quantitative estimate of drug-likeness (QED) is 0.546. The predicted molar refractivity (Wildman–Crippen MR) is 61.5 cm³/mol. The highest BCUT2D eigenvalue weighted by atomic mass is 14.8. The minimum atomic E-state index is 0.615. The first-order valence-electron chi connectivity index (χ1n) is 5.71. The molecule has 0 amide bonds. The Morgan fingerprint density at radius 1 is 1.15 bits per heavy atom. The fraction of sp³-hybridized carbons (Fsp3) is 0.917. The second-order valence-electron chi connectivity index (χ2n) is 3.87. The van der Waals surface area contributed by atoms with Crippen LogP contribution >= 0.6 is 0 Å². The van der Waals surface area contributed by atoms with Crippen molar-refractivity contribution in [3.63, 3.8) is 0 Å². The molecule has 1 nitrogen and oxygen atoms in total. The zero-order chi connectivity index (χ0) is 10.3. The van der Waals surface area contributed by atoms with Gasteiger partial charge in [0, 0.05) is 0 Å². The molecule has 3 atom stereocenters. The molecule has 1 fully saturated rings. The van der Waals surface area contributed by atoms with Crippen LogP contribution in [0.25, 0.3) is 0 Å². The van der Waals surface area contributed by atoms with Gasteiger partial charge in [-0.3, -0.25) is 4.99 Å². The van der Waals surface area contributed by atoms with Crippen molar-refractivity contribution in [3.8, 4) is 0 Å². The zero-order valence-electron chi connectivity index (χ0n) is 9.88. The fourth-order valence-corrected chi connectivity index (χ4v) is 1.90. The Morgan fingerprint density at radius 3 is 2.31 bits per heavy atom. The van der Waals surface area contributed by atoms with Crippen molar-refractivity contribution >= 4 is 6.21 Å². The van der Waals surface area contributed by atoms with E-state index < -0.39 is 0 Å². The van der Waals surface area contributed by atoms with Gasteiger partial charge in [0.2, 0.25) is 0 Å². The van der Waals surface area contributed by atoms with E-state index >= 15 is 0 Å². The second-order valence-corrected chi connectivity index (χ2v) is 3.87. The summed E-state index contributed by atoms with van der Waals surface area (Å²) in [5, 5.41) is 0. The van der Waals surface area contributed by atoms with E-state index in [1.165, 1.54) is 19.3 Å². The van der Waals surface area contributed by atoms with E-state index in [9.17, 15) is 0 Å². The summed E-state index contributed by atoms with van der Waals surface area (Å²) in [6.07, 6.45) is 6.02. The maximum absolute atomic E-state index is 4.49. The van der Waals surface area contributed by atoms with Crippen LogP contribution in [0.2, 0.25) is 0 Å². The molecule has 1 heteroatoms. The molecule has 1 rings (SSSR count). The van der Waals surface area contributed by atoms with E-state index in [-0.39, 0.29) is 0 Å². The smallest absolute Gasteiger partial charge is 0.0523 e. The topological polar surface area (TPSA) is 12.4 Å². The van der Waals surface area contributed by atoms with Crippen LogP contribution in [-0.4, -0.2) is 12.3 Å². The number of hydrogen-bond acceptors (Lipinski definition) is 1. The lowest BCUT2D eigenvalue weighted by Gasteiger charge is -2.29. The van der Waals surface area contributed by atoms with Gasteiger partial charge in [0.1, 0.15) is 0 Å². The maximum atomic E-state index is 4.49. The highest BCUT2D eigenvalue weighted by Gasteiger charge is 2.23. The highest BCUT2D eigenvalue weighted by Crippen LogP contribution is 2.30. The third-order valence-electron chi connectivity index (χ3n) is 2.76. The molecular weight excluding hydrogens is 158 g/mol. The van der Waals surface area contributed by atoms with Gasteiger partial charge in [0.05, 0.1) is 6.04 Å². The van der Waals surface area contributed by atoms with Gasteiger partial charge in [-0.2, -0.15) is 0 Å². The average molecular weight is 183 g/mol. The van der Waals surface area contributed by atoms with Crippen molar-refractivity contribution in [2.45, 2.75) is 59.9 Å². The Bertz CT molecular complexity index is 140. The molecule has 1 saturated carbocycles. The molecule has 1 aliphatic rings. The third kappa shape index (κ3) is 4.44. The number of aliphatic imine (C=N–C) groups is 1. The molecule has 0 aromatic rings. The van der Waals surface area contributed by atoms with Crippen LogP contribution < -0.4 is 0 Å². The van der Waals surface area contributed by atoms with Crippen LogP contribution in [0.4, 0.5) is 0 Å². The Hall–Kier alpha value is -0.330. The Labute approximate surface area is 83.6 Å². The first kappa shape index (κ1) is 12.7. The summed E-state index contributed by atoms with van der Waals surface area (Å²) in [6.45, 7) is 10.7. The molecule has 0 spiro atoms. The van der Waals surface area contributed by atoms with Crippen molar-refractivity contribution < 1.29 is 0 Å². The molecule has 0 aromatic heterocycles. The van der Waals surface area contributed by atoms with Crippen LogP contribution in [0.15, 0.2) is 4.99 Å². The average Bonchev–Trinajstić information content (AvgIpc) is 2.15. The summed E-state index contributed by atoms with van der Waals surface area (Å²) in [5.74, 6) is 1.70. The van der Waals surface area contributed by atoms with Crippen LogP contribution in [0.5, 0.6) is 0 Å². The van der Waals surface area contributed by atoms with Gasteiger partial charge in [0.15, 0.2) is 0 Å². The maximum Gasteiger partial charge on any atom is 0.0523 e. The van der Waals surface area contributed by atoms with Gasteiger partial charge >= 0.3 is 0 Å². The van der Waals surface area contributed by atoms with Crippen LogP contribution in [0, 0.1) is 11.8 Å². The molecule has 0 aromatic carbocycles. The summed E-state index contributed by atoms with van der Waals surface area (Å²) < 4.78 is 0. The molecule has 0 radical (unpaired) electrons. The van der Waals surface area contributed by atoms with Crippen molar-refractivity contribution in [1.82, 2.24) is 0 Å². The summed E-state index contributed by atoms with van der Waals surface area (Å²) in [5.41, 5.74) is 0. The summed E-state index contributed by atoms with van der Waals surface area (Å²) in [6, 6.07) is 0.615. The Balaban J connectivity index is 0.000000671. The molecule has 0 N–H and O–H groups in total. The largest absolute Gasteiger partial charge is 0.294 e. The predicted octanol–water partition coefficient (Wildman–Crippen LogP) is 3.93. The fourth-order valence-electron chi connectivity index (χ4n) is 1.90. The normalized spacial score (nSPS) is 34.1. The van der Waals surface area contributed by atoms with Crippen molar-refractivity contribution in [1.29, 1.82) is 0 Å². The Morgan fingerprint density at radius 2 is 1.77 bits per heavy atom. The van der Waals surface area contributed by atoms with E-state index in [0.717, 1.165) is 11.8 Å². The monoisotopic (exact) mass is 183 g/mol. The molecule has 3 unspecified atom stereocenters. The highest BCUT2D eigenvalue weighted by molar-refractivity contribution is 5.53. The number of nitrogens with zero attached hydrogens (tertiary/aromatic N) is 1. The standard InChI is InChI=1S/C10H19N.C2H6/c1-4-11-10-7-8(2)5-6-9(10)3;1-2/h4,8-10H,5-7H2,1-3H3;1-2H3.